The summed E-state index contributed by atoms with van der Waals surface area (Å²) in [5.41, 5.74) is 2.56. The van der Waals surface area contributed by atoms with E-state index in [1.54, 1.807) is 18.2 Å². The molecule has 0 unspecified atom stereocenters. The summed E-state index contributed by atoms with van der Waals surface area (Å²) in [6.45, 7) is 12.7. The fourth-order valence-electron chi connectivity index (χ4n) is 2.01. The first kappa shape index (κ1) is 19.6. The molecule has 0 bridgehead atoms. The van der Waals surface area contributed by atoms with Gasteiger partial charge in [-0.1, -0.05) is 32.1 Å². The van der Waals surface area contributed by atoms with Crippen LogP contribution in [0.25, 0.3) is 0 Å². The van der Waals surface area contributed by atoms with E-state index in [0.717, 1.165) is 11.1 Å². The second kappa shape index (κ2) is 8.42. The molecule has 0 aliphatic heterocycles. The van der Waals surface area contributed by atoms with E-state index in [1.165, 1.54) is 4.31 Å². The van der Waals surface area contributed by atoms with E-state index in [9.17, 15) is 8.42 Å². The monoisotopic (exact) mass is 355 g/mol. The average molecular weight is 356 g/mol. The summed E-state index contributed by atoms with van der Waals surface area (Å²) in [4.78, 5) is 0.261. The van der Waals surface area contributed by atoms with Crippen molar-refractivity contribution in [1.29, 1.82) is 0 Å². The quantitative estimate of drug-likeness (QED) is 0.582. The fourth-order valence-corrected chi connectivity index (χ4v) is 3.67. The van der Waals surface area contributed by atoms with Gasteiger partial charge in [-0.2, -0.15) is 4.31 Å². The van der Waals surface area contributed by atoms with Gasteiger partial charge < -0.3 is 10.6 Å². The third-order valence-electron chi connectivity index (χ3n) is 3.35. The van der Waals surface area contributed by atoms with Gasteiger partial charge in [0.1, 0.15) is 0 Å². The smallest absolute Gasteiger partial charge is 0.243 e. The molecule has 2 N–H and O–H groups in total. The van der Waals surface area contributed by atoms with Crippen LogP contribution in [0.4, 0.5) is 5.69 Å². The molecule has 0 heterocycles. The van der Waals surface area contributed by atoms with Crippen LogP contribution in [-0.2, 0) is 10.0 Å². The topological polar surface area (TPSA) is 61.4 Å². The number of sulfonamides is 1. The van der Waals surface area contributed by atoms with E-state index in [2.05, 4.69) is 17.2 Å². The summed E-state index contributed by atoms with van der Waals surface area (Å²) in [5.74, 6) is 0. The third-order valence-corrected chi connectivity index (χ3v) is 5.64. The van der Waals surface area contributed by atoms with E-state index in [-0.39, 0.29) is 4.90 Å². The van der Waals surface area contributed by atoms with E-state index in [1.807, 2.05) is 27.7 Å². The molecule has 0 aliphatic rings. The maximum absolute atomic E-state index is 12.6. The Kier molecular flexibility index (Phi) is 7.18. The molecule has 1 rings (SSSR count). The molecular formula is C16H25N3O2S2. The Morgan fingerprint density at radius 2 is 1.91 bits per heavy atom. The van der Waals surface area contributed by atoms with Crippen LogP contribution in [0.5, 0.6) is 0 Å². The van der Waals surface area contributed by atoms with Crippen molar-refractivity contribution in [3.63, 3.8) is 0 Å². The van der Waals surface area contributed by atoms with Crippen molar-refractivity contribution in [2.24, 2.45) is 0 Å². The molecule has 0 radical (unpaired) electrons. The molecule has 0 spiro atoms. The van der Waals surface area contributed by atoms with E-state index in [0.29, 0.717) is 30.4 Å². The summed E-state index contributed by atoms with van der Waals surface area (Å²) in [6, 6.07) is 5.02. The molecule has 23 heavy (non-hydrogen) atoms. The van der Waals surface area contributed by atoms with E-state index < -0.39 is 10.0 Å². The highest BCUT2D eigenvalue weighted by Gasteiger charge is 2.22. The van der Waals surface area contributed by atoms with Gasteiger partial charge in [0.2, 0.25) is 10.0 Å². The minimum atomic E-state index is -3.49. The highest BCUT2D eigenvalue weighted by atomic mass is 32.2. The Hall–Kier alpha value is -1.44. The molecule has 0 saturated carbocycles. The van der Waals surface area contributed by atoms with Crippen molar-refractivity contribution in [3.8, 4) is 0 Å². The number of rotatable bonds is 7. The molecule has 5 nitrogen and oxygen atoms in total. The zero-order chi connectivity index (χ0) is 17.6. The lowest BCUT2D eigenvalue weighted by atomic mass is 10.2. The van der Waals surface area contributed by atoms with Gasteiger partial charge in [-0.05, 0) is 43.8 Å². The van der Waals surface area contributed by atoms with Crippen molar-refractivity contribution in [2.45, 2.75) is 32.6 Å². The first-order valence-electron chi connectivity index (χ1n) is 7.52. The van der Waals surface area contributed by atoms with Crippen LogP contribution in [0, 0.1) is 6.92 Å². The molecule has 0 amide bonds. The summed E-state index contributed by atoms with van der Waals surface area (Å²) in [6.07, 6.45) is 0. The van der Waals surface area contributed by atoms with Gasteiger partial charge in [0.05, 0.1) is 4.90 Å². The van der Waals surface area contributed by atoms with Gasteiger partial charge in [-0.3, -0.25) is 0 Å². The molecule has 7 heteroatoms. The summed E-state index contributed by atoms with van der Waals surface area (Å²) in [7, 11) is -3.49. The standard InChI is InChI=1S/C16H25N3O2S2/c1-6-19(7-2)23(20,21)14-9-8-13(5)15(10-14)18-16(22)17-11-12(3)4/h8-10H,3,6-7,11H2,1-2,4-5H3,(H2,17,18,22). The van der Waals surface area contributed by atoms with Gasteiger partial charge in [0.15, 0.2) is 5.11 Å². The Morgan fingerprint density at radius 3 is 2.43 bits per heavy atom. The van der Waals surface area contributed by atoms with Crippen LogP contribution in [0.15, 0.2) is 35.2 Å². The van der Waals surface area contributed by atoms with Gasteiger partial charge >= 0.3 is 0 Å². The maximum atomic E-state index is 12.6. The van der Waals surface area contributed by atoms with Gasteiger partial charge in [0.25, 0.3) is 0 Å². The van der Waals surface area contributed by atoms with Crippen molar-refractivity contribution >= 4 is 33.0 Å². The van der Waals surface area contributed by atoms with Crippen LogP contribution in [0.2, 0.25) is 0 Å². The lowest BCUT2D eigenvalue weighted by Crippen LogP contribution is -2.31. The first-order valence-corrected chi connectivity index (χ1v) is 9.37. The second-order valence-corrected chi connectivity index (χ2v) is 7.68. The summed E-state index contributed by atoms with van der Waals surface area (Å²) in [5, 5.41) is 6.51. The van der Waals surface area contributed by atoms with Crippen molar-refractivity contribution in [3.05, 3.63) is 35.9 Å². The van der Waals surface area contributed by atoms with Gasteiger partial charge in [-0.15, -0.1) is 0 Å². The van der Waals surface area contributed by atoms with Crippen LogP contribution < -0.4 is 10.6 Å². The minimum Gasteiger partial charge on any atom is -0.359 e. The molecule has 128 valence electrons. The zero-order valence-electron chi connectivity index (χ0n) is 14.1. The number of aryl methyl sites for hydroxylation is 1. The fraction of sp³-hybridized carbons (Fsp3) is 0.438. The predicted molar refractivity (Wildman–Crippen MR) is 100 cm³/mol. The largest absolute Gasteiger partial charge is 0.359 e. The molecule has 1 aromatic carbocycles. The average Bonchev–Trinajstić information content (AvgIpc) is 2.48. The lowest BCUT2D eigenvalue weighted by molar-refractivity contribution is 0.445. The van der Waals surface area contributed by atoms with Crippen LogP contribution in [0.3, 0.4) is 0 Å². The summed E-state index contributed by atoms with van der Waals surface area (Å²) < 4.78 is 26.6. The molecule has 0 aromatic heterocycles. The molecular weight excluding hydrogens is 330 g/mol. The molecule has 0 saturated heterocycles. The first-order chi connectivity index (χ1) is 10.7. The number of anilines is 1. The van der Waals surface area contributed by atoms with E-state index in [4.69, 9.17) is 12.2 Å². The van der Waals surface area contributed by atoms with Crippen LogP contribution in [-0.4, -0.2) is 37.5 Å². The third kappa shape index (κ3) is 5.30. The second-order valence-electron chi connectivity index (χ2n) is 5.33. The Balaban J connectivity index is 3.04. The van der Waals surface area contributed by atoms with Crippen LogP contribution in [0.1, 0.15) is 26.3 Å². The molecule has 1 aromatic rings. The zero-order valence-corrected chi connectivity index (χ0v) is 15.8. The molecule has 0 fully saturated rings. The number of hydrogen-bond donors (Lipinski definition) is 2. The van der Waals surface area contributed by atoms with Gasteiger partial charge in [-0.25, -0.2) is 8.42 Å². The van der Waals surface area contributed by atoms with Crippen molar-refractivity contribution in [2.75, 3.05) is 25.0 Å². The molecule has 0 aliphatic carbocycles. The number of benzene rings is 1. The van der Waals surface area contributed by atoms with Crippen molar-refractivity contribution in [1.82, 2.24) is 9.62 Å². The van der Waals surface area contributed by atoms with E-state index >= 15 is 0 Å². The Morgan fingerprint density at radius 1 is 1.30 bits per heavy atom. The highest BCUT2D eigenvalue weighted by Crippen LogP contribution is 2.23. The number of nitrogens with zero attached hydrogens (tertiary/aromatic N) is 1. The normalized spacial score (nSPS) is 11.3. The number of hydrogen-bond acceptors (Lipinski definition) is 3. The highest BCUT2D eigenvalue weighted by molar-refractivity contribution is 7.89. The minimum absolute atomic E-state index is 0.261. The number of nitrogens with one attached hydrogen (secondary N) is 2. The lowest BCUT2D eigenvalue weighted by Gasteiger charge is -2.20. The van der Waals surface area contributed by atoms with Gasteiger partial charge in [0, 0.05) is 25.3 Å². The van der Waals surface area contributed by atoms with Crippen molar-refractivity contribution < 1.29 is 8.42 Å². The molecule has 0 atom stereocenters. The Bertz CT molecular complexity index is 681. The summed E-state index contributed by atoms with van der Waals surface area (Å²) >= 11 is 5.22. The number of thiocarbonyl (C=S) groups is 1. The maximum Gasteiger partial charge on any atom is 0.243 e. The van der Waals surface area contributed by atoms with Crippen LogP contribution >= 0.6 is 12.2 Å². The predicted octanol–water partition coefficient (Wildman–Crippen LogP) is 2.89. The SMILES string of the molecule is C=C(C)CNC(=S)Nc1cc(S(=O)(=O)N(CC)CC)ccc1C. The Labute approximate surface area is 144 Å².